The van der Waals surface area contributed by atoms with E-state index in [1.165, 1.54) is 205 Å². The first-order valence-corrected chi connectivity index (χ1v) is 33.7. The Morgan fingerprint density at radius 3 is 1.03 bits per heavy atom. The van der Waals surface area contributed by atoms with Crippen molar-refractivity contribution in [3.63, 3.8) is 0 Å². The molecule has 6 nitrogen and oxygen atoms in total. The number of allylic oxidation sites excluding steroid dienone is 2. The number of unbranched alkanes of at least 4 members (excludes halogenated alkanes) is 25. The third-order valence-electron chi connectivity index (χ3n) is 19.0. The van der Waals surface area contributed by atoms with Gasteiger partial charge >= 0.3 is 17.9 Å². The zero-order valence-electron chi connectivity index (χ0n) is 51.0. The topological polar surface area (TPSA) is 78.9 Å². The van der Waals surface area contributed by atoms with Crippen LogP contribution in [-0.4, -0.2) is 37.7 Å². The number of esters is 3. The molecule has 4 aliphatic rings. The molecule has 0 aromatic heterocycles. The fourth-order valence-corrected chi connectivity index (χ4v) is 15.3. The molecule has 4 fully saturated rings. The van der Waals surface area contributed by atoms with Gasteiger partial charge in [-0.2, -0.15) is 0 Å². The lowest BCUT2D eigenvalue weighted by Gasteiger charge is -2.67. The van der Waals surface area contributed by atoms with Gasteiger partial charge in [0.25, 0.3) is 0 Å². The molecular formula is C69H126O6. The highest BCUT2D eigenvalue weighted by Crippen LogP contribution is 2.72. The van der Waals surface area contributed by atoms with Gasteiger partial charge in [-0.25, -0.2) is 0 Å². The average molecular weight is 1050 g/mol. The van der Waals surface area contributed by atoms with Crippen LogP contribution in [0.25, 0.3) is 0 Å². The number of ether oxygens (including phenoxy) is 3. The van der Waals surface area contributed by atoms with E-state index in [2.05, 4.69) is 47.6 Å². The minimum Gasteiger partial charge on any atom is -0.466 e. The predicted octanol–water partition coefficient (Wildman–Crippen LogP) is 21.6. The van der Waals surface area contributed by atoms with E-state index in [0.29, 0.717) is 56.8 Å². The molecule has 0 spiro atoms. The summed E-state index contributed by atoms with van der Waals surface area (Å²) in [4.78, 5) is 40.6. The first kappa shape index (κ1) is 67.4. The number of rotatable bonds is 52. The summed E-state index contributed by atoms with van der Waals surface area (Å²) in [6.07, 6.45) is 60.2. The van der Waals surface area contributed by atoms with Crippen molar-refractivity contribution in [3.05, 3.63) is 11.6 Å². The molecule has 0 N–H and O–H groups in total. The molecule has 2 atom stereocenters. The number of hydrogen-bond acceptors (Lipinski definition) is 6. The molecule has 0 aliphatic heterocycles. The molecule has 4 saturated carbocycles. The van der Waals surface area contributed by atoms with Gasteiger partial charge < -0.3 is 14.2 Å². The smallest absolute Gasteiger partial charge is 0.306 e. The third kappa shape index (κ3) is 30.4. The second-order valence-corrected chi connectivity index (χ2v) is 26.0. The third-order valence-corrected chi connectivity index (χ3v) is 19.0. The van der Waals surface area contributed by atoms with Crippen molar-refractivity contribution in [2.45, 2.75) is 356 Å². The van der Waals surface area contributed by atoms with E-state index in [1.807, 2.05) is 0 Å². The van der Waals surface area contributed by atoms with Gasteiger partial charge in [0.1, 0.15) is 0 Å². The van der Waals surface area contributed by atoms with E-state index < -0.39 is 0 Å². The first-order chi connectivity index (χ1) is 36.6. The molecule has 0 saturated heterocycles. The molecule has 0 heterocycles. The minimum atomic E-state index is -0.0463. The number of carbonyl (C=O) groups excluding carboxylic acids is 3. The largest absolute Gasteiger partial charge is 0.466 e. The Hall–Kier alpha value is -1.85. The van der Waals surface area contributed by atoms with Crippen molar-refractivity contribution in [1.82, 2.24) is 0 Å². The van der Waals surface area contributed by atoms with E-state index in [4.69, 9.17) is 14.2 Å². The predicted molar refractivity (Wildman–Crippen MR) is 319 cm³/mol. The average Bonchev–Trinajstić information content (AvgIpc) is 3.37. The summed E-state index contributed by atoms with van der Waals surface area (Å²) in [6, 6.07) is 0. The van der Waals surface area contributed by atoms with Crippen molar-refractivity contribution in [1.29, 1.82) is 0 Å². The lowest BCUT2D eigenvalue weighted by molar-refractivity contribution is -0.182. The highest BCUT2D eigenvalue weighted by Gasteiger charge is 2.62. The van der Waals surface area contributed by atoms with Gasteiger partial charge in [-0.1, -0.05) is 233 Å². The maximum atomic E-state index is 13.8. The zero-order chi connectivity index (χ0) is 54.1. The molecule has 4 rings (SSSR count). The molecule has 0 aromatic rings. The van der Waals surface area contributed by atoms with E-state index in [0.717, 1.165) is 96.3 Å². The molecular weight excluding hydrogens is 925 g/mol. The maximum Gasteiger partial charge on any atom is 0.306 e. The Bertz CT molecular complexity index is 1360. The molecule has 0 amide bonds. The van der Waals surface area contributed by atoms with Crippen LogP contribution in [0.4, 0.5) is 0 Å². The van der Waals surface area contributed by atoms with Gasteiger partial charge in [0.05, 0.1) is 19.8 Å². The van der Waals surface area contributed by atoms with Crippen LogP contribution in [-0.2, 0) is 28.6 Å². The van der Waals surface area contributed by atoms with Crippen molar-refractivity contribution >= 4 is 17.9 Å². The van der Waals surface area contributed by atoms with Crippen LogP contribution in [0.2, 0.25) is 0 Å². The van der Waals surface area contributed by atoms with Crippen molar-refractivity contribution in [2.75, 3.05) is 19.8 Å². The summed E-state index contributed by atoms with van der Waals surface area (Å²) >= 11 is 0. The highest BCUT2D eigenvalue weighted by atomic mass is 16.5. The fraction of sp³-hybridized carbons (Fsp3) is 0.928. The summed E-state index contributed by atoms with van der Waals surface area (Å²) < 4.78 is 18.7. The zero-order valence-corrected chi connectivity index (χ0v) is 51.0. The number of hydrogen-bond donors (Lipinski definition) is 0. The van der Waals surface area contributed by atoms with Gasteiger partial charge in [0, 0.05) is 19.3 Å². The van der Waals surface area contributed by atoms with E-state index in [-0.39, 0.29) is 34.2 Å². The summed E-state index contributed by atoms with van der Waals surface area (Å²) in [7, 11) is 0. The van der Waals surface area contributed by atoms with Gasteiger partial charge in [0.15, 0.2) is 0 Å². The van der Waals surface area contributed by atoms with Gasteiger partial charge in [-0.3, -0.25) is 14.4 Å². The Kier molecular flexibility index (Phi) is 37.8. The van der Waals surface area contributed by atoms with Crippen molar-refractivity contribution in [2.24, 2.45) is 34.0 Å². The van der Waals surface area contributed by atoms with Crippen LogP contribution in [0.15, 0.2) is 11.6 Å². The molecule has 2 unspecified atom stereocenters. The van der Waals surface area contributed by atoms with Crippen LogP contribution in [0, 0.1) is 34.0 Å². The second kappa shape index (κ2) is 42.1. The van der Waals surface area contributed by atoms with Crippen molar-refractivity contribution in [3.8, 4) is 0 Å². The summed E-state index contributed by atoms with van der Waals surface area (Å²) in [5.74, 6) is 1.47. The SMILES string of the molecule is CCC=C(CC)CCCCC(=O)OCCC12CC3CC(CCOC(=O)CC(CCCCCCCCC)CCCCCCCCC)(C1)CC(CCOC(=O)CC(CCCCCCCCC)CCCCCCCCC)(C3)C2. The number of carbonyl (C=O) groups is 3. The molecule has 6 heteroatoms. The lowest BCUT2D eigenvalue weighted by atomic mass is 9.38. The van der Waals surface area contributed by atoms with E-state index in [1.54, 1.807) is 0 Å². The Morgan fingerprint density at radius 1 is 0.400 bits per heavy atom. The van der Waals surface area contributed by atoms with Crippen LogP contribution in [0.3, 0.4) is 0 Å². The lowest BCUT2D eigenvalue weighted by Crippen LogP contribution is -2.57. The molecule has 438 valence electrons. The Labute approximate surface area is 466 Å². The van der Waals surface area contributed by atoms with Gasteiger partial charge in [-0.15, -0.1) is 0 Å². The maximum absolute atomic E-state index is 13.8. The summed E-state index contributed by atoms with van der Waals surface area (Å²) in [6.45, 7) is 15.1. The minimum absolute atomic E-state index is 0.0171. The monoisotopic (exact) mass is 1050 g/mol. The van der Waals surface area contributed by atoms with Crippen LogP contribution >= 0.6 is 0 Å². The Balaban J connectivity index is 1.64. The molecule has 4 aliphatic carbocycles. The fourth-order valence-electron chi connectivity index (χ4n) is 15.3. The normalized spacial score (nSPS) is 21.2. The highest BCUT2D eigenvalue weighted by molar-refractivity contribution is 5.70. The second-order valence-electron chi connectivity index (χ2n) is 26.0. The quantitative estimate of drug-likeness (QED) is 0.0261. The molecule has 4 bridgehead atoms. The van der Waals surface area contributed by atoms with E-state index >= 15 is 0 Å². The Morgan fingerprint density at radius 2 is 0.707 bits per heavy atom. The molecule has 75 heavy (non-hydrogen) atoms. The van der Waals surface area contributed by atoms with Gasteiger partial charge in [0.2, 0.25) is 0 Å². The van der Waals surface area contributed by atoms with Crippen LogP contribution in [0.5, 0.6) is 0 Å². The summed E-state index contributed by atoms with van der Waals surface area (Å²) in [5, 5.41) is 0. The van der Waals surface area contributed by atoms with Crippen LogP contribution < -0.4 is 0 Å². The van der Waals surface area contributed by atoms with Crippen molar-refractivity contribution < 1.29 is 28.6 Å². The van der Waals surface area contributed by atoms with Gasteiger partial charge in [-0.05, 0) is 150 Å². The first-order valence-electron chi connectivity index (χ1n) is 33.7. The van der Waals surface area contributed by atoms with Crippen LogP contribution in [0.1, 0.15) is 356 Å². The molecule has 0 aromatic carbocycles. The standard InChI is InChI=1S/C69H126O6/c1-7-13-17-21-25-29-33-41-61(42-34-30-26-22-18-14-8-2)52-65(71)74-50-47-68-55-63-54-67(57-68,46-49-73-64(70)45-38-37-40-60(12-6)39-11-5)58-69(56-63,59-68)48-51-75-66(72)53-62(43-35-31-27-23-19-15-9-3)44-36-32-28-24-20-16-10-4/h39,61-63H,7-38,40-59H2,1-6H3. The summed E-state index contributed by atoms with van der Waals surface area (Å²) in [5.41, 5.74) is 1.85. The molecule has 0 radical (unpaired) electrons. The van der Waals surface area contributed by atoms with E-state index in [9.17, 15) is 14.4 Å².